The molecule has 1 unspecified atom stereocenters. The molecular formula is C9H18ClNO. The predicted octanol–water partition coefficient (Wildman–Crippen LogP) is 1.73. The van der Waals surface area contributed by atoms with E-state index in [1.165, 1.54) is 6.42 Å². The average molecular weight is 192 g/mol. The van der Waals surface area contributed by atoms with E-state index in [-0.39, 0.29) is 12.4 Å². The van der Waals surface area contributed by atoms with Crippen LogP contribution in [0.5, 0.6) is 0 Å². The van der Waals surface area contributed by atoms with Crippen LogP contribution in [0, 0.1) is 5.92 Å². The summed E-state index contributed by atoms with van der Waals surface area (Å²) >= 11 is 0. The average Bonchev–Trinajstić information content (AvgIpc) is 1.85. The molecule has 0 amide bonds. The highest BCUT2D eigenvalue weighted by molar-refractivity contribution is 5.85. The number of carbonyl (C=O) groups excluding carboxylic acids is 1. The van der Waals surface area contributed by atoms with Crippen LogP contribution in [-0.4, -0.2) is 31.3 Å². The maximum absolute atomic E-state index is 11.0. The fourth-order valence-corrected chi connectivity index (χ4v) is 1.79. The third-order valence-corrected chi connectivity index (χ3v) is 2.21. The van der Waals surface area contributed by atoms with Crippen molar-refractivity contribution in [1.29, 1.82) is 0 Å². The van der Waals surface area contributed by atoms with E-state index in [2.05, 4.69) is 19.0 Å². The van der Waals surface area contributed by atoms with Gasteiger partial charge in [0.05, 0.1) is 0 Å². The molecule has 0 saturated heterocycles. The second-order valence-electron chi connectivity index (χ2n) is 3.76. The zero-order valence-electron chi connectivity index (χ0n) is 7.88. The van der Waals surface area contributed by atoms with Gasteiger partial charge in [0.15, 0.2) is 0 Å². The Kier molecular flexibility index (Phi) is 5.51. The lowest BCUT2D eigenvalue weighted by Gasteiger charge is -2.23. The molecule has 72 valence electrons. The number of carbonyl (C=O) groups is 1. The van der Waals surface area contributed by atoms with Crippen LogP contribution in [-0.2, 0) is 4.79 Å². The van der Waals surface area contributed by atoms with E-state index in [0.29, 0.717) is 11.7 Å². The summed E-state index contributed by atoms with van der Waals surface area (Å²) in [4.78, 5) is 13.2. The van der Waals surface area contributed by atoms with Crippen molar-refractivity contribution < 1.29 is 4.79 Å². The molecule has 0 bridgehead atoms. The number of hydrogen-bond acceptors (Lipinski definition) is 2. The van der Waals surface area contributed by atoms with Gasteiger partial charge in [0.1, 0.15) is 5.78 Å². The van der Waals surface area contributed by atoms with Gasteiger partial charge in [-0.3, -0.25) is 4.79 Å². The Balaban J connectivity index is 0.00000121. The molecule has 0 spiro atoms. The first-order valence-electron chi connectivity index (χ1n) is 4.35. The fourth-order valence-electron chi connectivity index (χ4n) is 1.79. The van der Waals surface area contributed by atoms with Gasteiger partial charge in [-0.25, -0.2) is 0 Å². The highest BCUT2D eigenvalue weighted by Crippen LogP contribution is 2.21. The predicted molar refractivity (Wildman–Crippen MR) is 52.8 cm³/mol. The normalized spacial score (nSPS) is 23.9. The van der Waals surface area contributed by atoms with Crippen molar-refractivity contribution in [2.45, 2.75) is 25.7 Å². The molecule has 1 atom stereocenters. The van der Waals surface area contributed by atoms with Crippen molar-refractivity contribution in [1.82, 2.24) is 4.90 Å². The minimum atomic E-state index is 0. The number of halogens is 1. The van der Waals surface area contributed by atoms with Gasteiger partial charge in [-0.2, -0.15) is 0 Å². The molecule has 0 radical (unpaired) electrons. The van der Waals surface area contributed by atoms with Gasteiger partial charge in [-0.05, 0) is 32.9 Å². The molecule has 1 saturated carbocycles. The molecule has 1 aliphatic carbocycles. The van der Waals surface area contributed by atoms with Gasteiger partial charge in [0, 0.05) is 19.4 Å². The summed E-state index contributed by atoms with van der Waals surface area (Å²) in [5.74, 6) is 1.09. The Morgan fingerprint density at radius 1 is 1.50 bits per heavy atom. The van der Waals surface area contributed by atoms with Crippen LogP contribution in [0.3, 0.4) is 0 Å². The molecule has 12 heavy (non-hydrogen) atoms. The minimum absolute atomic E-state index is 0. The lowest BCUT2D eigenvalue weighted by Crippen LogP contribution is -2.26. The summed E-state index contributed by atoms with van der Waals surface area (Å²) < 4.78 is 0. The Morgan fingerprint density at radius 2 is 2.17 bits per heavy atom. The van der Waals surface area contributed by atoms with Crippen molar-refractivity contribution >= 4 is 18.2 Å². The number of nitrogens with zero attached hydrogens (tertiary/aromatic N) is 1. The molecule has 0 aliphatic heterocycles. The van der Waals surface area contributed by atoms with Crippen LogP contribution in [0.1, 0.15) is 25.7 Å². The van der Waals surface area contributed by atoms with Gasteiger partial charge in [-0.1, -0.05) is 0 Å². The fraction of sp³-hybridized carbons (Fsp3) is 0.889. The van der Waals surface area contributed by atoms with Crippen molar-refractivity contribution in [3.05, 3.63) is 0 Å². The zero-order valence-corrected chi connectivity index (χ0v) is 8.69. The molecular weight excluding hydrogens is 174 g/mol. The smallest absolute Gasteiger partial charge is 0.133 e. The molecule has 0 heterocycles. The van der Waals surface area contributed by atoms with Gasteiger partial charge < -0.3 is 4.90 Å². The largest absolute Gasteiger partial charge is 0.309 e. The number of rotatable bonds is 2. The van der Waals surface area contributed by atoms with Crippen LogP contribution in [0.25, 0.3) is 0 Å². The standard InChI is InChI=1S/C9H17NO.ClH/c1-10(2)7-8-4-3-5-9(11)6-8;/h8H,3-7H2,1-2H3;1H. The van der Waals surface area contributed by atoms with E-state index >= 15 is 0 Å². The number of ketones is 1. The minimum Gasteiger partial charge on any atom is -0.309 e. The Morgan fingerprint density at radius 3 is 2.67 bits per heavy atom. The zero-order chi connectivity index (χ0) is 8.27. The van der Waals surface area contributed by atoms with Crippen molar-refractivity contribution in [3.8, 4) is 0 Å². The third kappa shape index (κ3) is 4.07. The first-order chi connectivity index (χ1) is 5.18. The first kappa shape index (κ1) is 11.9. The van der Waals surface area contributed by atoms with Crippen molar-refractivity contribution in [2.24, 2.45) is 5.92 Å². The van der Waals surface area contributed by atoms with Crippen LogP contribution in [0.15, 0.2) is 0 Å². The summed E-state index contributed by atoms with van der Waals surface area (Å²) in [5, 5.41) is 0. The Labute approximate surface area is 80.7 Å². The molecule has 1 fully saturated rings. The monoisotopic (exact) mass is 191 g/mol. The van der Waals surface area contributed by atoms with E-state index in [1.54, 1.807) is 0 Å². The molecule has 2 nitrogen and oxygen atoms in total. The topological polar surface area (TPSA) is 20.3 Å². The van der Waals surface area contributed by atoms with Crippen LogP contribution in [0.2, 0.25) is 0 Å². The maximum Gasteiger partial charge on any atom is 0.133 e. The second kappa shape index (κ2) is 5.55. The molecule has 0 aromatic rings. The van der Waals surface area contributed by atoms with E-state index < -0.39 is 0 Å². The molecule has 0 N–H and O–H groups in total. The summed E-state index contributed by atoms with van der Waals surface area (Å²) in [6.07, 6.45) is 3.99. The van der Waals surface area contributed by atoms with Crippen LogP contribution in [0.4, 0.5) is 0 Å². The lowest BCUT2D eigenvalue weighted by molar-refractivity contribution is -0.121. The highest BCUT2D eigenvalue weighted by Gasteiger charge is 2.19. The van der Waals surface area contributed by atoms with Crippen LogP contribution < -0.4 is 0 Å². The Hall–Kier alpha value is -0.0800. The lowest BCUT2D eigenvalue weighted by atomic mass is 9.88. The van der Waals surface area contributed by atoms with Gasteiger partial charge in [0.2, 0.25) is 0 Å². The third-order valence-electron chi connectivity index (χ3n) is 2.21. The van der Waals surface area contributed by atoms with E-state index in [1.807, 2.05) is 0 Å². The molecule has 0 aromatic carbocycles. The maximum atomic E-state index is 11.0. The highest BCUT2D eigenvalue weighted by atomic mass is 35.5. The SMILES string of the molecule is CN(C)CC1CCCC(=O)C1.Cl. The summed E-state index contributed by atoms with van der Waals surface area (Å²) in [7, 11) is 4.14. The molecule has 1 rings (SSSR count). The number of Topliss-reactive ketones (excluding diaryl/α,β-unsaturated/α-hetero) is 1. The molecule has 0 aromatic heterocycles. The van der Waals surface area contributed by atoms with Crippen molar-refractivity contribution in [3.63, 3.8) is 0 Å². The van der Waals surface area contributed by atoms with E-state index in [0.717, 1.165) is 25.8 Å². The van der Waals surface area contributed by atoms with Crippen LogP contribution >= 0.6 is 12.4 Å². The quantitative estimate of drug-likeness (QED) is 0.663. The Bertz CT molecular complexity index is 147. The summed E-state index contributed by atoms with van der Waals surface area (Å²) in [6.45, 7) is 1.08. The molecule has 1 aliphatic rings. The summed E-state index contributed by atoms with van der Waals surface area (Å²) in [6, 6.07) is 0. The molecule has 3 heteroatoms. The van der Waals surface area contributed by atoms with Gasteiger partial charge >= 0.3 is 0 Å². The van der Waals surface area contributed by atoms with Crippen molar-refractivity contribution in [2.75, 3.05) is 20.6 Å². The second-order valence-corrected chi connectivity index (χ2v) is 3.76. The van der Waals surface area contributed by atoms with E-state index in [4.69, 9.17) is 0 Å². The van der Waals surface area contributed by atoms with Gasteiger partial charge in [0.25, 0.3) is 0 Å². The van der Waals surface area contributed by atoms with E-state index in [9.17, 15) is 4.79 Å². The summed E-state index contributed by atoms with van der Waals surface area (Å²) in [5.41, 5.74) is 0. The number of hydrogen-bond donors (Lipinski definition) is 0. The van der Waals surface area contributed by atoms with Gasteiger partial charge in [-0.15, -0.1) is 12.4 Å². The first-order valence-corrected chi connectivity index (χ1v) is 4.35.